The van der Waals surface area contributed by atoms with Gasteiger partial charge in [-0.15, -0.1) is 0 Å². The molecule has 13 heavy (non-hydrogen) atoms. The van der Waals surface area contributed by atoms with Crippen molar-refractivity contribution in [3.63, 3.8) is 0 Å². The second-order valence-corrected chi connectivity index (χ2v) is 3.55. The van der Waals surface area contributed by atoms with Crippen molar-refractivity contribution >= 4 is 11.6 Å². The molecule has 1 nitrogen and oxygen atoms in total. The minimum absolute atomic E-state index is 0.462. The fourth-order valence-corrected chi connectivity index (χ4v) is 1.61. The number of hydrogen-bond acceptors (Lipinski definition) is 1. The van der Waals surface area contributed by atoms with E-state index >= 15 is 0 Å². The van der Waals surface area contributed by atoms with Gasteiger partial charge in [0.2, 0.25) is 0 Å². The maximum absolute atomic E-state index is 5.91. The van der Waals surface area contributed by atoms with Crippen molar-refractivity contribution in [2.75, 3.05) is 13.7 Å². The lowest BCUT2D eigenvalue weighted by atomic mass is 9.98. The zero-order valence-electron chi connectivity index (χ0n) is 8.09. The second-order valence-electron chi connectivity index (χ2n) is 3.12. The third kappa shape index (κ3) is 3.02. The van der Waals surface area contributed by atoms with E-state index in [0.717, 1.165) is 18.1 Å². The highest BCUT2D eigenvalue weighted by molar-refractivity contribution is 6.30. The van der Waals surface area contributed by atoms with Crippen molar-refractivity contribution < 1.29 is 4.74 Å². The highest BCUT2D eigenvalue weighted by Crippen LogP contribution is 2.22. The lowest BCUT2D eigenvalue weighted by Crippen LogP contribution is -2.04. The van der Waals surface area contributed by atoms with Crippen LogP contribution in [-0.4, -0.2) is 13.7 Å². The predicted molar refractivity (Wildman–Crippen MR) is 56.4 cm³/mol. The minimum atomic E-state index is 0.462. The molecule has 0 fully saturated rings. The first kappa shape index (κ1) is 10.6. The van der Waals surface area contributed by atoms with E-state index in [9.17, 15) is 0 Å². The Morgan fingerprint density at radius 3 is 2.77 bits per heavy atom. The summed E-state index contributed by atoms with van der Waals surface area (Å²) in [4.78, 5) is 0. The highest BCUT2D eigenvalue weighted by Gasteiger charge is 2.08. The molecule has 1 rings (SSSR count). The van der Waals surface area contributed by atoms with Gasteiger partial charge in [0.25, 0.3) is 0 Å². The molecule has 1 atom stereocenters. The van der Waals surface area contributed by atoms with Crippen molar-refractivity contribution in [1.29, 1.82) is 0 Å². The maximum atomic E-state index is 5.91. The Morgan fingerprint density at radius 2 is 2.23 bits per heavy atom. The average molecular weight is 199 g/mol. The third-order valence-electron chi connectivity index (χ3n) is 2.18. The molecule has 1 aromatic rings. The van der Waals surface area contributed by atoms with Gasteiger partial charge in [0.15, 0.2) is 0 Å². The smallest absolute Gasteiger partial charge is 0.0530 e. The summed E-state index contributed by atoms with van der Waals surface area (Å²) in [6.07, 6.45) is 1.08. The van der Waals surface area contributed by atoms with Crippen LogP contribution in [0.5, 0.6) is 0 Å². The molecule has 0 saturated carbocycles. The summed E-state index contributed by atoms with van der Waals surface area (Å²) < 4.78 is 5.15. The van der Waals surface area contributed by atoms with Gasteiger partial charge in [-0.05, 0) is 24.1 Å². The lowest BCUT2D eigenvalue weighted by Gasteiger charge is -2.13. The van der Waals surface area contributed by atoms with Gasteiger partial charge in [-0.1, -0.05) is 30.7 Å². The summed E-state index contributed by atoms with van der Waals surface area (Å²) in [5.41, 5.74) is 1.26. The van der Waals surface area contributed by atoms with E-state index in [-0.39, 0.29) is 0 Å². The van der Waals surface area contributed by atoms with E-state index in [2.05, 4.69) is 13.0 Å². The molecule has 0 aliphatic rings. The van der Waals surface area contributed by atoms with Crippen LogP contribution in [-0.2, 0) is 4.74 Å². The third-order valence-corrected chi connectivity index (χ3v) is 2.42. The summed E-state index contributed by atoms with van der Waals surface area (Å²) >= 11 is 5.91. The van der Waals surface area contributed by atoms with Crippen molar-refractivity contribution in [2.24, 2.45) is 0 Å². The summed E-state index contributed by atoms with van der Waals surface area (Å²) in [5, 5.41) is 0.798. The van der Waals surface area contributed by atoms with Gasteiger partial charge < -0.3 is 4.74 Å². The molecule has 0 N–H and O–H groups in total. The fourth-order valence-electron chi connectivity index (χ4n) is 1.41. The lowest BCUT2D eigenvalue weighted by molar-refractivity contribution is 0.177. The molecule has 0 aliphatic heterocycles. The average Bonchev–Trinajstić information content (AvgIpc) is 2.14. The standard InChI is InChI=1S/C11H15ClO/c1-3-9(8-13-2)10-5-4-6-11(12)7-10/h4-7,9H,3,8H2,1-2H3/t9-/m0/s1. The zero-order valence-corrected chi connectivity index (χ0v) is 8.84. The van der Waals surface area contributed by atoms with E-state index in [0.29, 0.717) is 5.92 Å². The Hall–Kier alpha value is -0.530. The minimum Gasteiger partial charge on any atom is -0.384 e. The molecular formula is C11H15ClO. The van der Waals surface area contributed by atoms with Crippen LogP contribution in [0.1, 0.15) is 24.8 Å². The first-order chi connectivity index (χ1) is 6.27. The first-order valence-electron chi connectivity index (χ1n) is 4.52. The van der Waals surface area contributed by atoms with Gasteiger partial charge in [0.1, 0.15) is 0 Å². The van der Waals surface area contributed by atoms with Crippen LogP contribution >= 0.6 is 11.6 Å². The molecular weight excluding hydrogens is 184 g/mol. The van der Waals surface area contributed by atoms with Crippen molar-refractivity contribution in [1.82, 2.24) is 0 Å². The normalized spacial score (nSPS) is 12.8. The number of ether oxygens (including phenoxy) is 1. The molecule has 2 heteroatoms. The van der Waals surface area contributed by atoms with Crippen LogP contribution in [0.2, 0.25) is 5.02 Å². The van der Waals surface area contributed by atoms with Crippen LogP contribution < -0.4 is 0 Å². The molecule has 1 aromatic carbocycles. The van der Waals surface area contributed by atoms with Gasteiger partial charge in [0, 0.05) is 18.1 Å². The van der Waals surface area contributed by atoms with E-state index in [1.807, 2.05) is 18.2 Å². The first-order valence-corrected chi connectivity index (χ1v) is 4.90. The van der Waals surface area contributed by atoms with Gasteiger partial charge in [0.05, 0.1) is 6.61 Å². The Balaban J connectivity index is 2.78. The SMILES string of the molecule is CC[C@@H](COC)c1cccc(Cl)c1. The molecule has 0 amide bonds. The summed E-state index contributed by atoms with van der Waals surface area (Å²) in [6.45, 7) is 2.92. The van der Waals surface area contributed by atoms with Gasteiger partial charge in [-0.2, -0.15) is 0 Å². The predicted octanol–water partition coefficient (Wildman–Crippen LogP) is 3.48. The molecule has 0 heterocycles. The molecule has 0 aliphatic carbocycles. The summed E-state index contributed by atoms with van der Waals surface area (Å²) in [7, 11) is 1.73. The number of hydrogen-bond donors (Lipinski definition) is 0. The Kier molecular flexibility index (Phi) is 4.26. The van der Waals surface area contributed by atoms with Crippen molar-refractivity contribution in [2.45, 2.75) is 19.3 Å². The second kappa shape index (κ2) is 5.25. The van der Waals surface area contributed by atoms with E-state index in [1.54, 1.807) is 7.11 Å². The Labute approximate surface area is 84.7 Å². The number of methoxy groups -OCH3 is 1. The van der Waals surface area contributed by atoms with Crippen LogP contribution in [0.3, 0.4) is 0 Å². The molecule has 0 saturated heterocycles. The molecule has 0 radical (unpaired) electrons. The Bertz CT molecular complexity index is 260. The molecule has 0 spiro atoms. The number of benzene rings is 1. The van der Waals surface area contributed by atoms with Gasteiger partial charge >= 0.3 is 0 Å². The van der Waals surface area contributed by atoms with Crippen LogP contribution in [0.25, 0.3) is 0 Å². The Morgan fingerprint density at radius 1 is 1.46 bits per heavy atom. The zero-order chi connectivity index (χ0) is 9.68. The van der Waals surface area contributed by atoms with E-state index in [1.165, 1.54) is 5.56 Å². The topological polar surface area (TPSA) is 9.23 Å². The summed E-state index contributed by atoms with van der Waals surface area (Å²) in [6, 6.07) is 7.98. The van der Waals surface area contributed by atoms with Gasteiger partial charge in [-0.25, -0.2) is 0 Å². The molecule has 0 bridgehead atoms. The fraction of sp³-hybridized carbons (Fsp3) is 0.455. The molecule has 0 unspecified atom stereocenters. The largest absolute Gasteiger partial charge is 0.384 e. The maximum Gasteiger partial charge on any atom is 0.0530 e. The number of rotatable bonds is 4. The van der Waals surface area contributed by atoms with Crippen LogP contribution in [0, 0.1) is 0 Å². The number of halogens is 1. The van der Waals surface area contributed by atoms with E-state index < -0.39 is 0 Å². The van der Waals surface area contributed by atoms with Crippen molar-refractivity contribution in [3.05, 3.63) is 34.9 Å². The van der Waals surface area contributed by atoms with Gasteiger partial charge in [-0.3, -0.25) is 0 Å². The monoisotopic (exact) mass is 198 g/mol. The quantitative estimate of drug-likeness (QED) is 0.720. The highest BCUT2D eigenvalue weighted by atomic mass is 35.5. The van der Waals surface area contributed by atoms with Crippen molar-refractivity contribution in [3.8, 4) is 0 Å². The summed E-state index contributed by atoms with van der Waals surface area (Å²) in [5.74, 6) is 0.462. The molecule has 72 valence electrons. The van der Waals surface area contributed by atoms with Crippen LogP contribution in [0.4, 0.5) is 0 Å². The van der Waals surface area contributed by atoms with Crippen LogP contribution in [0.15, 0.2) is 24.3 Å². The van der Waals surface area contributed by atoms with E-state index in [4.69, 9.17) is 16.3 Å². The molecule has 0 aromatic heterocycles.